The van der Waals surface area contributed by atoms with Crippen molar-refractivity contribution in [2.75, 3.05) is 11.9 Å². The van der Waals surface area contributed by atoms with Gasteiger partial charge >= 0.3 is 0 Å². The first-order valence-corrected chi connectivity index (χ1v) is 16.2. The van der Waals surface area contributed by atoms with Gasteiger partial charge in [-0.05, 0) is 12.8 Å². The Balaban J connectivity index is 2.98. The molecule has 0 aliphatic rings. The minimum absolute atomic E-state index is 0.374. The van der Waals surface area contributed by atoms with Gasteiger partial charge in [-0.3, -0.25) is 0 Å². The second-order valence-electron chi connectivity index (χ2n) is 10.3. The Hall–Kier alpha value is 0.440. The molecule has 0 unspecified atom stereocenters. The van der Waals surface area contributed by atoms with Gasteiger partial charge in [0.2, 0.25) is 0 Å². The maximum absolute atomic E-state index is 8.76. The molecule has 0 fully saturated rings. The van der Waals surface area contributed by atoms with Gasteiger partial charge in [0.05, 0.1) is 0 Å². The molecule has 0 saturated heterocycles. The van der Waals surface area contributed by atoms with E-state index in [1.807, 2.05) is 0 Å². The smallest absolute Gasteiger partial charge is 0.0431 e. The van der Waals surface area contributed by atoms with Crippen molar-refractivity contribution in [3.05, 3.63) is 0 Å². The highest BCUT2D eigenvalue weighted by Gasteiger charge is 1.96. The van der Waals surface area contributed by atoms with Gasteiger partial charge in [0.15, 0.2) is 0 Å². The van der Waals surface area contributed by atoms with Crippen molar-refractivity contribution in [1.82, 2.24) is 0 Å². The summed E-state index contributed by atoms with van der Waals surface area (Å²) in [5, 5.41) is 9.95. The van der Waals surface area contributed by atoms with E-state index in [1.54, 1.807) is 0 Å². The summed E-state index contributed by atoms with van der Waals surface area (Å²) in [7, 11) is 0. The molecular weight excluding hydrogens is 456 g/mol. The first kappa shape index (κ1) is 32.4. The molecule has 0 rings (SSSR count). The Bertz CT molecular complexity index is 277. The van der Waals surface area contributed by atoms with Crippen LogP contribution in [0.1, 0.15) is 180 Å². The zero-order valence-electron chi connectivity index (χ0n) is 22.0. The van der Waals surface area contributed by atoms with Crippen LogP contribution in [0.2, 0.25) is 0 Å². The molecule has 1 N–H and O–H groups in total. The molecule has 0 aromatic rings. The monoisotopic (exact) mass is 516 g/mol. The van der Waals surface area contributed by atoms with E-state index in [4.69, 9.17) is 5.11 Å². The van der Waals surface area contributed by atoms with Gasteiger partial charge in [-0.15, -0.1) is 0 Å². The Morgan fingerprint density at radius 3 is 0.562 bits per heavy atom. The van der Waals surface area contributed by atoms with Crippen molar-refractivity contribution >= 4 is 15.9 Å². The van der Waals surface area contributed by atoms with E-state index in [2.05, 4.69) is 15.9 Å². The average Bonchev–Trinajstić information content (AvgIpc) is 2.81. The second-order valence-corrected chi connectivity index (χ2v) is 11.1. The van der Waals surface area contributed by atoms with Crippen molar-refractivity contribution < 1.29 is 5.11 Å². The Morgan fingerprint density at radius 2 is 0.406 bits per heavy atom. The van der Waals surface area contributed by atoms with Crippen LogP contribution in [-0.2, 0) is 0 Å². The molecule has 0 aromatic carbocycles. The van der Waals surface area contributed by atoms with Gasteiger partial charge in [0, 0.05) is 11.9 Å². The second kappa shape index (κ2) is 31.4. The first-order chi connectivity index (χ1) is 15.9. The predicted molar refractivity (Wildman–Crippen MR) is 150 cm³/mol. The number of aliphatic hydroxyl groups is 1. The van der Waals surface area contributed by atoms with E-state index >= 15 is 0 Å². The van der Waals surface area contributed by atoms with Crippen LogP contribution < -0.4 is 0 Å². The van der Waals surface area contributed by atoms with Gasteiger partial charge in [-0.25, -0.2) is 0 Å². The molecular formula is C30H61BrO. The Morgan fingerprint density at radius 1 is 0.250 bits per heavy atom. The molecule has 1 nitrogen and oxygen atoms in total. The highest BCUT2D eigenvalue weighted by atomic mass is 79.9. The van der Waals surface area contributed by atoms with Gasteiger partial charge in [-0.2, -0.15) is 0 Å². The van der Waals surface area contributed by atoms with Crippen molar-refractivity contribution in [3.63, 3.8) is 0 Å². The van der Waals surface area contributed by atoms with E-state index in [0.717, 1.165) is 6.42 Å². The molecule has 0 bridgehead atoms. The first-order valence-electron chi connectivity index (χ1n) is 15.1. The van der Waals surface area contributed by atoms with E-state index in [1.165, 1.54) is 179 Å². The standard InChI is InChI=1S/C30H61BrO/c31-29-27-25-23-21-19-17-15-13-11-9-7-5-3-1-2-4-6-8-10-12-14-16-18-20-22-24-26-28-30-32/h32H,1-30H2. The van der Waals surface area contributed by atoms with Crippen LogP contribution in [0, 0.1) is 0 Å². The summed E-state index contributed by atoms with van der Waals surface area (Å²) in [6.45, 7) is 0.374. The predicted octanol–water partition coefficient (Wildman–Crippen LogP) is 11.3. The normalized spacial score (nSPS) is 11.4. The maximum Gasteiger partial charge on any atom is 0.0431 e. The lowest BCUT2D eigenvalue weighted by molar-refractivity contribution is 0.282. The summed E-state index contributed by atoms with van der Waals surface area (Å²) >= 11 is 3.51. The molecule has 0 aliphatic heterocycles. The summed E-state index contributed by atoms with van der Waals surface area (Å²) in [6, 6.07) is 0. The molecule has 0 radical (unpaired) electrons. The van der Waals surface area contributed by atoms with Gasteiger partial charge < -0.3 is 5.11 Å². The minimum atomic E-state index is 0.374. The SMILES string of the molecule is OCCCCCCCCCCCCCCCCCCCCCCCCCCCCCCBr. The summed E-state index contributed by atoms with van der Waals surface area (Å²) in [6.07, 6.45) is 39.9. The highest BCUT2D eigenvalue weighted by molar-refractivity contribution is 9.09. The Labute approximate surface area is 212 Å². The number of hydrogen-bond donors (Lipinski definition) is 1. The van der Waals surface area contributed by atoms with E-state index < -0.39 is 0 Å². The van der Waals surface area contributed by atoms with Crippen molar-refractivity contribution in [1.29, 1.82) is 0 Å². The van der Waals surface area contributed by atoms with Crippen molar-refractivity contribution in [2.45, 2.75) is 180 Å². The molecule has 0 aromatic heterocycles. The molecule has 0 saturated carbocycles. The zero-order chi connectivity index (χ0) is 23.2. The van der Waals surface area contributed by atoms with E-state index in [-0.39, 0.29) is 0 Å². The van der Waals surface area contributed by atoms with Crippen LogP contribution in [0.4, 0.5) is 0 Å². The number of hydrogen-bond acceptors (Lipinski definition) is 1. The largest absolute Gasteiger partial charge is 0.396 e. The Kier molecular flexibility index (Phi) is 31.9. The fourth-order valence-corrected chi connectivity index (χ4v) is 5.20. The van der Waals surface area contributed by atoms with E-state index in [0.29, 0.717) is 6.61 Å². The number of aliphatic hydroxyl groups excluding tert-OH is 1. The third-order valence-corrected chi connectivity index (χ3v) is 7.60. The lowest BCUT2D eigenvalue weighted by atomic mass is 10.0. The summed E-state index contributed by atoms with van der Waals surface area (Å²) in [5.41, 5.74) is 0. The number of halogens is 1. The van der Waals surface area contributed by atoms with Crippen LogP contribution in [-0.4, -0.2) is 17.0 Å². The van der Waals surface area contributed by atoms with Crippen LogP contribution in [0.25, 0.3) is 0 Å². The van der Waals surface area contributed by atoms with Crippen LogP contribution in [0.15, 0.2) is 0 Å². The molecule has 0 aliphatic carbocycles. The van der Waals surface area contributed by atoms with Crippen LogP contribution >= 0.6 is 15.9 Å². The molecule has 0 spiro atoms. The maximum atomic E-state index is 8.76. The highest BCUT2D eigenvalue weighted by Crippen LogP contribution is 2.16. The molecule has 0 atom stereocenters. The zero-order valence-corrected chi connectivity index (χ0v) is 23.6. The number of unbranched alkanes of at least 4 members (excludes halogenated alkanes) is 27. The molecule has 2 heteroatoms. The summed E-state index contributed by atoms with van der Waals surface area (Å²) in [4.78, 5) is 0. The third kappa shape index (κ3) is 30.4. The average molecular weight is 518 g/mol. The lowest BCUT2D eigenvalue weighted by Crippen LogP contribution is -1.85. The molecule has 32 heavy (non-hydrogen) atoms. The summed E-state index contributed by atoms with van der Waals surface area (Å²) < 4.78 is 0. The van der Waals surface area contributed by atoms with Crippen molar-refractivity contribution in [3.8, 4) is 0 Å². The van der Waals surface area contributed by atoms with Gasteiger partial charge in [0.25, 0.3) is 0 Å². The fourth-order valence-electron chi connectivity index (χ4n) is 4.80. The summed E-state index contributed by atoms with van der Waals surface area (Å²) in [5.74, 6) is 0. The van der Waals surface area contributed by atoms with Crippen LogP contribution in [0.5, 0.6) is 0 Å². The molecule has 0 amide bonds. The van der Waals surface area contributed by atoms with E-state index in [9.17, 15) is 0 Å². The fraction of sp³-hybridized carbons (Fsp3) is 1.00. The van der Waals surface area contributed by atoms with Gasteiger partial charge in [0.1, 0.15) is 0 Å². The quantitative estimate of drug-likeness (QED) is 0.0772. The van der Waals surface area contributed by atoms with Gasteiger partial charge in [-0.1, -0.05) is 183 Å². The molecule has 0 heterocycles. The topological polar surface area (TPSA) is 20.2 Å². The molecule has 194 valence electrons. The lowest BCUT2D eigenvalue weighted by Gasteiger charge is -2.04. The minimum Gasteiger partial charge on any atom is -0.396 e. The van der Waals surface area contributed by atoms with Crippen LogP contribution in [0.3, 0.4) is 0 Å². The third-order valence-electron chi connectivity index (χ3n) is 7.04. The number of alkyl halides is 1. The number of rotatable bonds is 29. The van der Waals surface area contributed by atoms with Crippen molar-refractivity contribution in [2.24, 2.45) is 0 Å².